The molecule has 4 heteroatoms. The van der Waals surface area contributed by atoms with E-state index in [1.165, 1.54) is 5.69 Å². The van der Waals surface area contributed by atoms with Crippen LogP contribution < -0.4 is 10.1 Å². The lowest BCUT2D eigenvalue weighted by Gasteiger charge is -2.14. The van der Waals surface area contributed by atoms with Crippen LogP contribution in [0.25, 0.3) is 0 Å². The minimum absolute atomic E-state index is 0.160. The molecule has 1 unspecified atom stereocenters. The maximum Gasteiger partial charge on any atom is 0.119 e. The van der Waals surface area contributed by atoms with Crippen molar-refractivity contribution < 1.29 is 9.84 Å². The molecule has 2 aromatic rings. The summed E-state index contributed by atoms with van der Waals surface area (Å²) < 4.78 is 7.66. The highest BCUT2D eigenvalue weighted by atomic mass is 16.5. The van der Waals surface area contributed by atoms with E-state index in [1.807, 2.05) is 57.4 Å². The molecule has 1 aromatic heterocycles. The second-order valence-electron chi connectivity index (χ2n) is 5.49. The van der Waals surface area contributed by atoms with Crippen molar-refractivity contribution in [3.05, 3.63) is 53.9 Å². The normalized spacial score (nSPS) is 12.6. The van der Waals surface area contributed by atoms with Gasteiger partial charge in [0.1, 0.15) is 5.75 Å². The molecule has 4 nitrogen and oxygen atoms in total. The van der Waals surface area contributed by atoms with Crippen molar-refractivity contribution in [3.63, 3.8) is 0 Å². The molecular formula is C17H24N2O2. The molecule has 114 valence electrons. The van der Waals surface area contributed by atoms with Gasteiger partial charge < -0.3 is 19.7 Å². The van der Waals surface area contributed by atoms with E-state index in [9.17, 15) is 5.11 Å². The van der Waals surface area contributed by atoms with Gasteiger partial charge in [-0.25, -0.2) is 0 Å². The number of ether oxygens (including phenoxy) is 1. The lowest BCUT2D eigenvalue weighted by atomic mass is 10.1. The average molecular weight is 288 g/mol. The molecule has 21 heavy (non-hydrogen) atoms. The summed E-state index contributed by atoms with van der Waals surface area (Å²) in [5, 5.41) is 13.5. The Labute approximate surface area is 126 Å². The van der Waals surface area contributed by atoms with Crippen LogP contribution in [0.2, 0.25) is 0 Å². The molecule has 0 aliphatic rings. The molecule has 1 atom stereocenters. The highest BCUT2D eigenvalue weighted by molar-refractivity contribution is 5.28. The summed E-state index contributed by atoms with van der Waals surface area (Å²) >= 11 is 0. The van der Waals surface area contributed by atoms with Crippen LogP contribution in [0.3, 0.4) is 0 Å². The third kappa shape index (κ3) is 4.62. The zero-order valence-electron chi connectivity index (χ0n) is 12.9. The van der Waals surface area contributed by atoms with E-state index in [2.05, 4.69) is 16.0 Å². The number of nitrogens with zero attached hydrogens (tertiary/aromatic N) is 1. The van der Waals surface area contributed by atoms with Crippen molar-refractivity contribution in [1.29, 1.82) is 0 Å². The zero-order chi connectivity index (χ0) is 15.2. The topological polar surface area (TPSA) is 46.4 Å². The van der Waals surface area contributed by atoms with Crippen LogP contribution in [0, 0.1) is 0 Å². The van der Waals surface area contributed by atoms with Gasteiger partial charge in [-0.05, 0) is 43.7 Å². The van der Waals surface area contributed by atoms with Gasteiger partial charge in [0.25, 0.3) is 0 Å². The Morgan fingerprint density at radius 1 is 1.19 bits per heavy atom. The molecule has 0 saturated heterocycles. The SMILES string of the molecule is CC(C)Oc1ccc(C(O)CNCc2cccn2C)cc1. The fraction of sp³-hybridized carbons (Fsp3) is 0.412. The number of benzene rings is 1. The Balaban J connectivity index is 1.82. The molecule has 0 spiro atoms. The van der Waals surface area contributed by atoms with Crippen molar-refractivity contribution in [1.82, 2.24) is 9.88 Å². The first-order valence-electron chi connectivity index (χ1n) is 7.32. The molecule has 0 fully saturated rings. The molecule has 2 N–H and O–H groups in total. The lowest BCUT2D eigenvalue weighted by molar-refractivity contribution is 0.174. The fourth-order valence-corrected chi connectivity index (χ4v) is 2.18. The monoisotopic (exact) mass is 288 g/mol. The van der Waals surface area contributed by atoms with Crippen molar-refractivity contribution in [2.75, 3.05) is 6.54 Å². The van der Waals surface area contributed by atoms with Crippen molar-refractivity contribution in [2.45, 2.75) is 32.6 Å². The van der Waals surface area contributed by atoms with E-state index in [1.54, 1.807) is 0 Å². The van der Waals surface area contributed by atoms with E-state index >= 15 is 0 Å². The number of hydrogen-bond donors (Lipinski definition) is 2. The Morgan fingerprint density at radius 2 is 1.90 bits per heavy atom. The second-order valence-corrected chi connectivity index (χ2v) is 5.49. The third-order valence-corrected chi connectivity index (χ3v) is 3.33. The molecule has 2 rings (SSSR count). The summed E-state index contributed by atoms with van der Waals surface area (Å²) in [4.78, 5) is 0. The fourth-order valence-electron chi connectivity index (χ4n) is 2.18. The van der Waals surface area contributed by atoms with Gasteiger partial charge in [-0.2, -0.15) is 0 Å². The molecule has 0 radical (unpaired) electrons. The first-order chi connectivity index (χ1) is 10.1. The van der Waals surface area contributed by atoms with Gasteiger partial charge >= 0.3 is 0 Å². The Hall–Kier alpha value is -1.78. The number of hydrogen-bond acceptors (Lipinski definition) is 3. The molecule has 0 amide bonds. The molecule has 0 aliphatic heterocycles. The average Bonchev–Trinajstić information content (AvgIpc) is 2.84. The molecular weight excluding hydrogens is 264 g/mol. The summed E-state index contributed by atoms with van der Waals surface area (Å²) in [7, 11) is 2.01. The highest BCUT2D eigenvalue weighted by Crippen LogP contribution is 2.18. The van der Waals surface area contributed by atoms with E-state index < -0.39 is 6.10 Å². The maximum absolute atomic E-state index is 10.2. The van der Waals surface area contributed by atoms with Crippen molar-refractivity contribution in [3.8, 4) is 5.75 Å². The number of nitrogens with one attached hydrogen (secondary N) is 1. The summed E-state index contributed by atoms with van der Waals surface area (Å²) in [6.45, 7) is 5.26. The third-order valence-electron chi connectivity index (χ3n) is 3.33. The maximum atomic E-state index is 10.2. The van der Waals surface area contributed by atoms with E-state index in [4.69, 9.17) is 4.74 Å². The number of aliphatic hydroxyl groups excluding tert-OH is 1. The van der Waals surface area contributed by atoms with Gasteiger partial charge in [-0.15, -0.1) is 0 Å². The Bertz CT molecular complexity index is 546. The van der Waals surface area contributed by atoms with Gasteiger partial charge in [-0.3, -0.25) is 0 Å². The number of rotatable bonds is 7. The van der Waals surface area contributed by atoms with Gasteiger partial charge in [0.15, 0.2) is 0 Å². The van der Waals surface area contributed by atoms with Gasteiger partial charge in [0.2, 0.25) is 0 Å². The highest BCUT2D eigenvalue weighted by Gasteiger charge is 2.08. The number of aliphatic hydroxyl groups is 1. The molecule has 1 heterocycles. The minimum atomic E-state index is -0.515. The largest absolute Gasteiger partial charge is 0.491 e. The van der Waals surface area contributed by atoms with Crippen LogP contribution in [0.15, 0.2) is 42.6 Å². The lowest BCUT2D eigenvalue weighted by Crippen LogP contribution is -2.22. The van der Waals surface area contributed by atoms with Crippen molar-refractivity contribution >= 4 is 0 Å². The summed E-state index contributed by atoms with van der Waals surface area (Å²) in [6.07, 6.45) is 1.66. The molecule has 0 bridgehead atoms. The summed E-state index contributed by atoms with van der Waals surface area (Å²) in [5.74, 6) is 0.831. The predicted molar refractivity (Wildman–Crippen MR) is 84.3 cm³/mol. The van der Waals surface area contributed by atoms with Gasteiger partial charge in [0.05, 0.1) is 12.2 Å². The van der Waals surface area contributed by atoms with Gasteiger partial charge in [-0.1, -0.05) is 12.1 Å². The summed E-state index contributed by atoms with van der Waals surface area (Å²) in [6, 6.07) is 11.7. The van der Waals surface area contributed by atoms with Gasteiger partial charge in [0, 0.05) is 32.0 Å². The molecule has 0 saturated carbocycles. The number of aryl methyl sites for hydroxylation is 1. The smallest absolute Gasteiger partial charge is 0.119 e. The number of aromatic nitrogens is 1. The molecule has 0 aliphatic carbocycles. The molecule has 1 aromatic carbocycles. The van der Waals surface area contributed by atoms with Crippen LogP contribution in [-0.2, 0) is 13.6 Å². The van der Waals surface area contributed by atoms with Crippen LogP contribution in [0.5, 0.6) is 5.75 Å². The predicted octanol–water partition coefficient (Wildman–Crippen LogP) is 2.64. The quantitative estimate of drug-likeness (QED) is 0.823. The van der Waals surface area contributed by atoms with E-state index in [0.717, 1.165) is 17.9 Å². The van der Waals surface area contributed by atoms with Crippen LogP contribution in [-0.4, -0.2) is 22.3 Å². The van der Waals surface area contributed by atoms with Crippen molar-refractivity contribution in [2.24, 2.45) is 7.05 Å². The first-order valence-corrected chi connectivity index (χ1v) is 7.32. The first kappa shape index (κ1) is 15.6. The minimum Gasteiger partial charge on any atom is -0.491 e. The van der Waals surface area contributed by atoms with Crippen LogP contribution in [0.4, 0.5) is 0 Å². The Kier molecular flexibility index (Phi) is 5.42. The summed E-state index contributed by atoms with van der Waals surface area (Å²) in [5.41, 5.74) is 2.09. The van der Waals surface area contributed by atoms with Crippen LogP contribution >= 0.6 is 0 Å². The van der Waals surface area contributed by atoms with E-state index in [-0.39, 0.29) is 6.10 Å². The standard InChI is InChI=1S/C17H24N2O2/c1-13(2)21-16-8-6-14(7-9-16)17(20)12-18-11-15-5-4-10-19(15)3/h4-10,13,17-18,20H,11-12H2,1-3H3. The second kappa shape index (κ2) is 7.29. The van der Waals surface area contributed by atoms with Crippen LogP contribution in [0.1, 0.15) is 31.2 Å². The van der Waals surface area contributed by atoms with E-state index in [0.29, 0.717) is 6.54 Å². The zero-order valence-corrected chi connectivity index (χ0v) is 12.9. The Morgan fingerprint density at radius 3 is 2.48 bits per heavy atom.